The minimum absolute atomic E-state index is 0.221. The Kier molecular flexibility index (Phi) is 6.52. The fraction of sp³-hybridized carbons (Fsp3) is 0.923. The van der Waals surface area contributed by atoms with Gasteiger partial charge in [0.15, 0.2) is 0 Å². The van der Waals surface area contributed by atoms with E-state index in [-0.39, 0.29) is 5.91 Å². The Morgan fingerprint density at radius 2 is 2.35 bits per heavy atom. The minimum atomic E-state index is -0.221. The van der Waals surface area contributed by atoms with E-state index in [4.69, 9.17) is 5.73 Å². The smallest absolute Gasteiger partial charge is 0.218 e. The first kappa shape index (κ1) is 14.5. The highest BCUT2D eigenvalue weighted by atomic mass is 16.1. The van der Waals surface area contributed by atoms with Gasteiger partial charge in [0.25, 0.3) is 0 Å². The molecule has 0 radical (unpaired) electrons. The molecule has 4 nitrogen and oxygen atoms in total. The van der Waals surface area contributed by atoms with Gasteiger partial charge in [0.05, 0.1) is 0 Å². The van der Waals surface area contributed by atoms with Crippen LogP contribution in [0.2, 0.25) is 0 Å². The van der Waals surface area contributed by atoms with Crippen molar-refractivity contribution in [2.45, 2.75) is 45.6 Å². The summed E-state index contributed by atoms with van der Waals surface area (Å²) in [5.74, 6) is 0.490. The minimum Gasteiger partial charge on any atom is -0.370 e. The summed E-state index contributed by atoms with van der Waals surface area (Å²) in [6.45, 7) is 8.82. The van der Waals surface area contributed by atoms with Crippen molar-refractivity contribution in [3.05, 3.63) is 0 Å². The lowest BCUT2D eigenvalue weighted by Gasteiger charge is -2.36. The number of amides is 1. The van der Waals surface area contributed by atoms with Crippen molar-refractivity contribution in [1.82, 2.24) is 10.2 Å². The molecule has 1 amide bonds. The third-order valence-corrected chi connectivity index (χ3v) is 3.63. The molecule has 1 fully saturated rings. The second kappa shape index (κ2) is 7.67. The maximum atomic E-state index is 10.7. The molecule has 0 aromatic rings. The van der Waals surface area contributed by atoms with Gasteiger partial charge in [-0.05, 0) is 45.2 Å². The third kappa shape index (κ3) is 5.50. The molecule has 1 heterocycles. The first-order valence-corrected chi connectivity index (χ1v) is 6.87. The maximum absolute atomic E-state index is 10.7. The molecule has 2 unspecified atom stereocenters. The number of piperidine rings is 1. The second-order valence-electron chi connectivity index (χ2n) is 5.16. The molecule has 17 heavy (non-hydrogen) atoms. The average Bonchev–Trinajstić information content (AvgIpc) is 2.29. The molecule has 0 spiro atoms. The van der Waals surface area contributed by atoms with Crippen LogP contribution < -0.4 is 11.1 Å². The summed E-state index contributed by atoms with van der Waals surface area (Å²) < 4.78 is 0. The summed E-state index contributed by atoms with van der Waals surface area (Å²) in [6, 6.07) is 0.481. The molecular formula is C13H27N3O. The van der Waals surface area contributed by atoms with Crippen LogP contribution in [-0.2, 0) is 4.79 Å². The Balaban J connectivity index is 2.25. The topological polar surface area (TPSA) is 58.4 Å². The SMILES string of the molecule is CCCN1CCCC(C(C)NCCC(N)=O)C1. The fourth-order valence-electron chi connectivity index (χ4n) is 2.61. The van der Waals surface area contributed by atoms with Crippen LogP contribution in [-0.4, -0.2) is 43.0 Å². The lowest BCUT2D eigenvalue weighted by molar-refractivity contribution is -0.117. The molecular weight excluding hydrogens is 214 g/mol. The highest BCUT2D eigenvalue weighted by Gasteiger charge is 2.23. The second-order valence-corrected chi connectivity index (χ2v) is 5.16. The molecule has 0 aromatic heterocycles. The number of hydrogen-bond donors (Lipinski definition) is 2. The van der Waals surface area contributed by atoms with E-state index in [0.717, 1.165) is 0 Å². The van der Waals surface area contributed by atoms with Crippen molar-refractivity contribution in [3.8, 4) is 0 Å². The van der Waals surface area contributed by atoms with Crippen LogP contribution in [0.3, 0.4) is 0 Å². The van der Waals surface area contributed by atoms with Crippen molar-refractivity contribution in [3.63, 3.8) is 0 Å². The Labute approximate surface area is 105 Å². The highest BCUT2D eigenvalue weighted by molar-refractivity contribution is 5.73. The number of rotatable bonds is 7. The number of likely N-dealkylation sites (tertiary alicyclic amines) is 1. The molecule has 3 N–H and O–H groups in total. The van der Waals surface area contributed by atoms with Gasteiger partial charge in [-0.15, -0.1) is 0 Å². The van der Waals surface area contributed by atoms with Crippen molar-refractivity contribution < 1.29 is 4.79 Å². The Bertz CT molecular complexity index is 231. The number of carbonyl (C=O) groups excluding carboxylic acids is 1. The zero-order chi connectivity index (χ0) is 12.7. The van der Waals surface area contributed by atoms with E-state index < -0.39 is 0 Å². The predicted molar refractivity (Wildman–Crippen MR) is 70.7 cm³/mol. The van der Waals surface area contributed by atoms with E-state index in [1.54, 1.807) is 0 Å². The zero-order valence-corrected chi connectivity index (χ0v) is 11.2. The van der Waals surface area contributed by atoms with Gasteiger partial charge in [0, 0.05) is 25.6 Å². The van der Waals surface area contributed by atoms with Crippen LogP contribution in [0, 0.1) is 5.92 Å². The van der Waals surface area contributed by atoms with Crippen molar-refractivity contribution in [1.29, 1.82) is 0 Å². The molecule has 0 saturated carbocycles. The summed E-state index contributed by atoms with van der Waals surface area (Å²) in [6.07, 6.45) is 4.27. The van der Waals surface area contributed by atoms with Gasteiger partial charge in [-0.25, -0.2) is 0 Å². The van der Waals surface area contributed by atoms with Crippen LogP contribution in [0.1, 0.15) is 39.5 Å². The molecule has 1 aliphatic heterocycles. The van der Waals surface area contributed by atoms with Gasteiger partial charge >= 0.3 is 0 Å². The van der Waals surface area contributed by atoms with Gasteiger partial charge in [-0.3, -0.25) is 4.79 Å². The molecule has 0 aliphatic carbocycles. The summed E-state index contributed by atoms with van der Waals surface area (Å²) in [4.78, 5) is 13.2. The molecule has 1 rings (SSSR count). The van der Waals surface area contributed by atoms with E-state index in [0.29, 0.717) is 24.9 Å². The van der Waals surface area contributed by atoms with Crippen molar-refractivity contribution in [2.75, 3.05) is 26.2 Å². The van der Waals surface area contributed by atoms with Gasteiger partial charge in [0.1, 0.15) is 0 Å². The van der Waals surface area contributed by atoms with Crippen LogP contribution in [0.4, 0.5) is 0 Å². The van der Waals surface area contributed by atoms with E-state index >= 15 is 0 Å². The molecule has 1 saturated heterocycles. The first-order valence-electron chi connectivity index (χ1n) is 6.87. The van der Waals surface area contributed by atoms with E-state index in [1.807, 2.05) is 0 Å². The average molecular weight is 241 g/mol. The first-order chi connectivity index (χ1) is 8.13. The molecule has 100 valence electrons. The third-order valence-electron chi connectivity index (χ3n) is 3.63. The van der Waals surface area contributed by atoms with E-state index in [9.17, 15) is 4.79 Å². The van der Waals surface area contributed by atoms with Crippen molar-refractivity contribution in [2.24, 2.45) is 11.7 Å². The number of nitrogens with zero attached hydrogens (tertiary/aromatic N) is 1. The fourth-order valence-corrected chi connectivity index (χ4v) is 2.61. The van der Waals surface area contributed by atoms with Crippen LogP contribution in [0.15, 0.2) is 0 Å². The number of nitrogens with one attached hydrogen (secondary N) is 1. The number of carbonyl (C=O) groups is 1. The molecule has 4 heteroatoms. The normalized spacial score (nSPS) is 23.5. The molecule has 1 aliphatic rings. The Hall–Kier alpha value is -0.610. The standard InChI is InChI=1S/C13H27N3O/c1-3-8-16-9-4-5-12(10-16)11(2)15-7-6-13(14)17/h11-12,15H,3-10H2,1-2H3,(H2,14,17). The van der Waals surface area contributed by atoms with Crippen LogP contribution >= 0.6 is 0 Å². The van der Waals surface area contributed by atoms with E-state index in [2.05, 4.69) is 24.1 Å². The Morgan fingerprint density at radius 1 is 1.59 bits per heavy atom. The largest absolute Gasteiger partial charge is 0.370 e. The van der Waals surface area contributed by atoms with Crippen LogP contribution in [0.5, 0.6) is 0 Å². The zero-order valence-electron chi connectivity index (χ0n) is 11.2. The van der Waals surface area contributed by atoms with E-state index in [1.165, 1.54) is 38.9 Å². The lowest BCUT2D eigenvalue weighted by atomic mass is 9.91. The van der Waals surface area contributed by atoms with Crippen LogP contribution in [0.25, 0.3) is 0 Å². The Morgan fingerprint density at radius 3 is 3.00 bits per heavy atom. The summed E-state index contributed by atoms with van der Waals surface area (Å²) in [7, 11) is 0. The summed E-state index contributed by atoms with van der Waals surface area (Å²) >= 11 is 0. The van der Waals surface area contributed by atoms with Gasteiger partial charge in [-0.1, -0.05) is 6.92 Å². The van der Waals surface area contributed by atoms with Crippen molar-refractivity contribution >= 4 is 5.91 Å². The summed E-state index contributed by atoms with van der Waals surface area (Å²) in [5, 5.41) is 3.42. The number of nitrogens with two attached hydrogens (primary N) is 1. The molecule has 0 bridgehead atoms. The highest BCUT2D eigenvalue weighted by Crippen LogP contribution is 2.19. The van der Waals surface area contributed by atoms with Gasteiger partial charge < -0.3 is 16.0 Å². The predicted octanol–water partition coefficient (Wildman–Crippen LogP) is 0.962. The van der Waals surface area contributed by atoms with Gasteiger partial charge in [-0.2, -0.15) is 0 Å². The van der Waals surface area contributed by atoms with Gasteiger partial charge in [0.2, 0.25) is 5.91 Å². The quantitative estimate of drug-likeness (QED) is 0.698. The monoisotopic (exact) mass is 241 g/mol. The number of hydrogen-bond acceptors (Lipinski definition) is 3. The lowest BCUT2D eigenvalue weighted by Crippen LogP contribution is -2.45. The maximum Gasteiger partial charge on any atom is 0.218 e. The number of primary amides is 1. The molecule has 2 atom stereocenters. The summed E-state index contributed by atoms with van der Waals surface area (Å²) in [5.41, 5.74) is 5.13. The molecule has 0 aromatic carbocycles.